The number of nitrogens with one attached hydrogen (secondary N) is 2. The van der Waals surface area contributed by atoms with Crippen molar-refractivity contribution in [1.29, 1.82) is 0 Å². The summed E-state index contributed by atoms with van der Waals surface area (Å²) < 4.78 is 5.93. The van der Waals surface area contributed by atoms with Crippen molar-refractivity contribution in [3.8, 4) is 0 Å². The maximum atomic E-state index is 5.93. The van der Waals surface area contributed by atoms with E-state index >= 15 is 0 Å². The van der Waals surface area contributed by atoms with Crippen molar-refractivity contribution in [3.05, 3.63) is 60.0 Å². The number of hydrogen-bond donors (Lipinski definition) is 2. The molecule has 0 saturated carbocycles. The van der Waals surface area contributed by atoms with Gasteiger partial charge in [0.25, 0.3) is 0 Å². The van der Waals surface area contributed by atoms with E-state index in [0.29, 0.717) is 0 Å². The Morgan fingerprint density at radius 2 is 2.25 bits per heavy atom. The predicted molar refractivity (Wildman–Crippen MR) is 96.1 cm³/mol. The molecule has 3 aromatic rings. The number of H-pyrrole nitrogens is 1. The van der Waals surface area contributed by atoms with Crippen LogP contribution in [-0.2, 0) is 11.3 Å². The number of anilines is 1. The molecule has 0 aliphatic carbocycles. The lowest BCUT2D eigenvalue weighted by molar-refractivity contribution is -0.0349. The van der Waals surface area contributed by atoms with Crippen molar-refractivity contribution in [2.75, 3.05) is 32.1 Å². The fraction of sp³-hybridized carbons (Fsp3) is 0.316. The Balaban J connectivity index is 1.45. The molecule has 0 radical (unpaired) electrons. The van der Waals surface area contributed by atoms with Crippen LogP contribution in [0.5, 0.6) is 0 Å². The summed E-state index contributed by atoms with van der Waals surface area (Å²) >= 11 is 0. The van der Waals surface area contributed by atoms with E-state index in [9.17, 15) is 0 Å². The third-order valence-corrected chi connectivity index (χ3v) is 4.58. The maximum absolute atomic E-state index is 5.93. The molecule has 124 valence electrons. The van der Waals surface area contributed by atoms with Crippen molar-refractivity contribution in [3.63, 3.8) is 0 Å². The Kier molecular flexibility index (Phi) is 4.19. The molecule has 1 saturated heterocycles. The molecular formula is C19H22N4O. The third-order valence-electron chi connectivity index (χ3n) is 4.58. The zero-order chi connectivity index (χ0) is 16.4. The number of fused-ring (bicyclic) bond motifs is 1. The molecule has 0 bridgehead atoms. The minimum Gasteiger partial charge on any atom is -0.387 e. The molecule has 4 rings (SSSR count). The van der Waals surface area contributed by atoms with Gasteiger partial charge in [-0.3, -0.25) is 9.88 Å². The van der Waals surface area contributed by atoms with Gasteiger partial charge in [0.05, 0.1) is 24.2 Å². The average Bonchev–Trinajstić information content (AvgIpc) is 3.10. The lowest BCUT2D eigenvalue weighted by Crippen LogP contribution is -2.38. The summed E-state index contributed by atoms with van der Waals surface area (Å²) in [5.41, 5.74) is 4.54. The highest BCUT2D eigenvalue weighted by atomic mass is 16.5. The number of pyridine rings is 1. The van der Waals surface area contributed by atoms with Gasteiger partial charge in [-0.2, -0.15) is 0 Å². The number of rotatable bonds is 4. The summed E-state index contributed by atoms with van der Waals surface area (Å²) in [5.74, 6) is 0. The largest absolute Gasteiger partial charge is 0.387 e. The van der Waals surface area contributed by atoms with Crippen molar-refractivity contribution >= 4 is 16.6 Å². The first kappa shape index (κ1) is 15.2. The summed E-state index contributed by atoms with van der Waals surface area (Å²) in [6, 6.07) is 12.8. The second kappa shape index (κ2) is 6.63. The number of nitrogens with zero attached hydrogens (tertiary/aromatic N) is 2. The van der Waals surface area contributed by atoms with Crippen LogP contribution >= 0.6 is 0 Å². The summed E-state index contributed by atoms with van der Waals surface area (Å²) in [7, 11) is 1.90. The lowest BCUT2D eigenvalue weighted by atomic mass is 10.1. The standard InChI is InChI=1S/C19H22N4O/c1-20-16-4-5-17(22-11-16)19-13-23(8-9-24-19)12-14-2-3-15-6-7-21-18(15)10-14/h2-7,10-11,19-21H,8-9,12-13H2,1H3. The molecule has 5 nitrogen and oxygen atoms in total. The first-order valence-electron chi connectivity index (χ1n) is 8.35. The molecule has 1 unspecified atom stereocenters. The van der Waals surface area contributed by atoms with Crippen molar-refractivity contribution in [1.82, 2.24) is 14.9 Å². The maximum Gasteiger partial charge on any atom is 0.112 e. The second-order valence-electron chi connectivity index (χ2n) is 6.22. The van der Waals surface area contributed by atoms with E-state index in [4.69, 9.17) is 4.74 Å². The summed E-state index contributed by atoms with van der Waals surface area (Å²) in [6.07, 6.45) is 3.88. The SMILES string of the molecule is CNc1ccc(C2CN(Cc3ccc4cc[nH]c4c3)CCO2)nc1. The summed E-state index contributed by atoms with van der Waals surface area (Å²) in [5, 5.41) is 4.35. The van der Waals surface area contributed by atoms with Crippen molar-refractivity contribution in [2.24, 2.45) is 0 Å². The van der Waals surface area contributed by atoms with Gasteiger partial charge in [0.2, 0.25) is 0 Å². The Morgan fingerprint density at radius 3 is 3.08 bits per heavy atom. The van der Waals surface area contributed by atoms with Crippen LogP contribution in [-0.4, -0.2) is 41.6 Å². The summed E-state index contributed by atoms with van der Waals surface area (Å²) in [4.78, 5) is 10.2. The third kappa shape index (κ3) is 3.13. The van der Waals surface area contributed by atoms with E-state index in [0.717, 1.165) is 37.6 Å². The van der Waals surface area contributed by atoms with Crippen LogP contribution in [0.15, 0.2) is 48.8 Å². The van der Waals surface area contributed by atoms with Crippen LogP contribution < -0.4 is 5.32 Å². The van der Waals surface area contributed by atoms with Crippen molar-refractivity contribution in [2.45, 2.75) is 12.6 Å². The van der Waals surface area contributed by atoms with Gasteiger partial charge in [-0.1, -0.05) is 12.1 Å². The molecule has 3 heterocycles. The smallest absolute Gasteiger partial charge is 0.112 e. The number of morpholine rings is 1. The highest BCUT2D eigenvalue weighted by molar-refractivity contribution is 5.79. The second-order valence-corrected chi connectivity index (χ2v) is 6.22. The zero-order valence-corrected chi connectivity index (χ0v) is 13.8. The van der Waals surface area contributed by atoms with E-state index in [2.05, 4.69) is 44.5 Å². The topological polar surface area (TPSA) is 53.2 Å². The fourth-order valence-corrected chi connectivity index (χ4v) is 3.22. The van der Waals surface area contributed by atoms with E-state index in [1.165, 1.54) is 16.5 Å². The molecule has 1 aliphatic rings. The molecule has 0 spiro atoms. The highest BCUT2D eigenvalue weighted by Gasteiger charge is 2.23. The molecule has 24 heavy (non-hydrogen) atoms. The Bertz CT molecular complexity index is 812. The normalized spacial score (nSPS) is 18.8. The van der Waals surface area contributed by atoms with E-state index < -0.39 is 0 Å². The quantitative estimate of drug-likeness (QED) is 0.775. The van der Waals surface area contributed by atoms with Gasteiger partial charge in [0.1, 0.15) is 6.10 Å². The number of aromatic nitrogens is 2. The molecule has 2 aromatic heterocycles. The Labute approximate surface area is 141 Å². The van der Waals surface area contributed by atoms with Crippen molar-refractivity contribution < 1.29 is 4.74 Å². The summed E-state index contributed by atoms with van der Waals surface area (Å²) in [6.45, 7) is 3.50. The molecule has 2 N–H and O–H groups in total. The lowest BCUT2D eigenvalue weighted by Gasteiger charge is -2.32. The first-order valence-corrected chi connectivity index (χ1v) is 8.35. The molecule has 1 fully saturated rings. The van der Waals surface area contributed by atoms with Crippen LogP contribution in [0.2, 0.25) is 0 Å². The number of benzene rings is 1. The zero-order valence-electron chi connectivity index (χ0n) is 13.8. The van der Waals surface area contributed by atoms with Crippen LogP contribution in [0, 0.1) is 0 Å². The molecule has 1 atom stereocenters. The van der Waals surface area contributed by atoms with Crippen LogP contribution in [0.3, 0.4) is 0 Å². The van der Waals surface area contributed by atoms with Gasteiger partial charge in [-0.25, -0.2) is 0 Å². The first-order chi connectivity index (χ1) is 11.8. The monoisotopic (exact) mass is 322 g/mol. The molecular weight excluding hydrogens is 300 g/mol. The van der Waals surface area contributed by atoms with Crippen LogP contribution in [0.1, 0.15) is 17.4 Å². The molecule has 1 aromatic carbocycles. The molecule has 5 heteroatoms. The number of ether oxygens (including phenoxy) is 1. The molecule has 1 aliphatic heterocycles. The van der Waals surface area contributed by atoms with Crippen LogP contribution in [0.25, 0.3) is 10.9 Å². The van der Waals surface area contributed by atoms with Gasteiger partial charge in [-0.05, 0) is 35.2 Å². The fourth-order valence-electron chi connectivity index (χ4n) is 3.22. The van der Waals surface area contributed by atoms with E-state index in [-0.39, 0.29) is 6.10 Å². The van der Waals surface area contributed by atoms with E-state index in [1.807, 2.05) is 31.6 Å². The minimum atomic E-state index is 0.0406. The van der Waals surface area contributed by atoms with Crippen LogP contribution in [0.4, 0.5) is 5.69 Å². The highest BCUT2D eigenvalue weighted by Crippen LogP contribution is 2.23. The average molecular weight is 322 g/mol. The minimum absolute atomic E-state index is 0.0406. The van der Waals surface area contributed by atoms with Gasteiger partial charge < -0.3 is 15.0 Å². The van der Waals surface area contributed by atoms with Gasteiger partial charge >= 0.3 is 0 Å². The van der Waals surface area contributed by atoms with E-state index in [1.54, 1.807) is 0 Å². The number of hydrogen-bond acceptors (Lipinski definition) is 4. The predicted octanol–water partition coefficient (Wildman–Crippen LogP) is 3.18. The Hall–Kier alpha value is -2.37. The van der Waals surface area contributed by atoms with Gasteiger partial charge in [0, 0.05) is 38.4 Å². The van der Waals surface area contributed by atoms with Gasteiger partial charge in [-0.15, -0.1) is 0 Å². The Morgan fingerprint density at radius 1 is 1.29 bits per heavy atom. The number of aromatic amines is 1. The molecule has 0 amide bonds. The van der Waals surface area contributed by atoms with Gasteiger partial charge in [0.15, 0.2) is 0 Å².